The molecule has 4 rings (SSSR count). The summed E-state index contributed by atoms with van der Waals surface area (Å²) < 4.78 is 17.6. The number of hydrogen-bond acceptors (Lipinski definition) is 7. The van der Waals surface area contributed by atoms with Crippen LogP contribution in [0.3, 0.4) is 0 Å². The van der Waals surface area contributed by atoms with Crippen LogP contribution >= 0.6 is 39.3 Å². The van der Waals surface area contributed by atoms with E-state index in [1.165, 1.54) is 11.8 Å². The fourth-order valence-electron chi connectivity index (χ4n) is 3.49. The Bertz CT molecular complexity index is 1380. The SMILES string of the molecule is COc1ccc(Cl)cc1NC1NC(=O)/C(=C/c2cc(OC)c(OCc3ccccc3C#N)cc2Br)S1. The molecule has 1 heterocycles. The summed E-state index contributed by atoms with van der Waals surface area (Å²) in [5.41, 5.74) is 2.35. The van der Waals surface area contributed by atoms with Crippen molar-refractivity contribution in [3.8, 4) is 23.3 Å². The maximum atomic E-state index is 12.7. The van der Waals surface area contributed by atoms with E-state index in [9.17, 15) is 10.1 Å². The summed E-state index contributed by atoms with van der Waals surface area (Å²) in [7, 11) is 3.12. The Morgan fingerprint density at radius 2 is 1.92 bits per heavy atom. The van der Waals surface area contributed by atoms with Crippen LogP contribution in [0, 0.1) is 11.3 Å². The van der Waals surface area contributed by atoms with Crippen molar-refractivity contribution in [1.29, 1.82) is 5.26 Å². The lowest BCUT2D eigenvalue weighted by Crippen LogP contribution is -2.31. The van der Waals surface area contributed by atoms with Crippen LogP contribution in [0.15, 0.2) is 64.0 Å². The van der Waals surface area contributed by atoms with Gasteiger partial charge in [-0.05, 0) is 48.0 Å². The molecule has 1 aliphatic heterocycles. The smallest absolute Gasteiger partial charge is 0.260 e. The monoisotopic (exact) mass is 585 g/mol. The van der Waals surface area contributed by atoms with Crippen molar-refractivity contribution in [3.63, 3.8) is 0 Å². The van der Waals surface area contributed by atoms with E-state index in [4.69, 9.17) is 25.8 Å². The quantitative estimate of drug-likeness (QED) is 0.305. The van der Waals surface area contributed by atoms with Gasteiger partial charge in [0.2, 0.25) is 0 Å². The van der Waals surface area contributed by atoms with Gasteiger partial charge in [-0.3, -0.25) is 4.79 Å². The lowest BCUT2D eigenvalue weighted by Gasteiger charge is -2.16. The minimum atomic E-state index is -0.403. The first-order valence-corrected chi connectivity index (χ1v) is 12.7. The molecule has 0 radical (unpaired) electrons. The van der Waals surface area contributed by atoms with E-state index in [2.05, 4.69) is 32.6 Å². The van der Waals surface area contributed by atoms with Gasteiger partial charge in [-0.25, -0.2) is 0 Å². The first kappa shape index (κ1) is 25.8. The van der Waals surface area contributed by atoms with Crippen LogP contribution in [-0.4, -0.2) is 25.6 Å². The molecule has 2 N–H and O–H groups in total. The molecule has 0 aliphatic carbocycles. The summed E-state index contributed by atoms with van der Waals surface area (Å²) >= 11 is 11.0. The van der Waals surface area contributed by atoms with Crippen molar-refractivity contribution < 1.29 is 19.0 Å². The zero-order valence-corrected chi connectivity index (χ0v) is 22.5. The molecular formula is C26H21BrClN3O4S. The summed E-state index contributed by atoms with van der Waals surface area (Å²) in [6.45, 7) is 0.214. The highest BCUT2D eigenvalue weighted by Crippen LogP contribution is 2.38. The number of thioether (sulfide) groups is 1. The molecule has 7 nitrogen and oxygen atoms in total. The molecule has 10 heteroatoms. The normalized spacial score (nSPS) is 15.8. The summed E-state index contributed by atoms with van der Waals surface area (Å²) in [5, 5.41) is 16.0. The van der Waals surface area contributed by atoms with Crippen LogP contribution in [0.1, 0.15) is 16.7 Å². The van der Waals surface area contributed by atoms with E-state index in [0.29, 0.717) is 38.4 Å². The van der Waals surface area contributed by atoms with E-state index in [-0.39, 0.29) is 12.5 Å². The number of nitrogens with one attached hydrogen (secondary N) is 2. The van der Waals surface area contributed by atoms with Crippen molar-refractivity contribution in [3.05, 3.63) is 85.7 Å². The molecule has 0 bridgehead atoms. The molecule has 1 atom stereocenters. The Kier molecular flexibility index (Phi) is 8.31. The number of amides is 1. The Morgan fingerprint density at radius 1 is 1.14 bits per heavy atom. The summed E-state index contributed by atoms with van der Waals surface area (Å²) in [4.78, 5) is 13.2. The van der Waals surface area contributed by atoms with Crippen molar-refractivity contribution in [1.82, 2.24) is 5.32 Å². The molecular weight excluding hydrogens is 566 g/mol. The van der Waals surface area contributed by atoms with E-state index >= 15 is 0 Å². The molecule has 1 fully saturated rings. The molecule has 0 aromatic heterocycles. The van der Waals surface area contributed by atoms with Gasteiger partial charge in [-0.2, -0.15) is 5.26 Å². The molecule has 0 saturated carbocycles. The molecule has 3 aromatic carbocycles. The maximum Gasteiger partial charge on any atom is 0.260 e. The maximum absolute atomic E-state index is 12.7. The molecule has 184 valence electrons. The van der Waals surface area contributed by atoms with Gasteiger partial charge in [-0.1, -0.05) is 57.5 Å². The second-order valence-corrected chi connectivity index (χ2v) is 9.99. The lowest BCUT2D eigenvalue weighted by molar-refractivity contribution is -0.116. The number of halogens is 2. The zero-order chi connectivity index (χ0) is 25.7. The number of benzene rings is 3. The Morgan fingerprint density at radius 3 is 2.67 bits per heavy atom. The summed E-state index contributed by atoms with van der Waals surface area (Å²) in [6, 6.07) is 18.2. The standard InChI is InChI=1S/C26H21BrClN3O4S/c1-33-21-8-7-18(28)11-20(21)30-26-31-25(32)24(36-26)10-17-9-22(34-2)23(12-19(17)27)35-14-16-6-4-3-5-15(16)13-29/h3-12,26,30H,14H2,1-2H3,(H,31,32)/b24-10-. The number of methoxy groups -OCH3 is 2. The van der Waals surface area contributed by atoms with Crippen molar-refractivity contribution >= 4 is 57.0 Å². The van der Waals surface area contributed by atoms with Gasteiger partial charge in [0.25, 0.3) is 5.91 Å². The number of anilines is 1. The second kappa shape index (κ2) is 11.6. The third-order valence-electron chi connectivity index (χ3n) is 5.27. The topological polar surface area (TPSA) is 92.6 Å². The fourth-order valence-corrected chi connectivity index (χ4v) is 5.06. The van der Waals surface area contributed by atoms with E-state index in [1.807, 2.05) is 18.2 Å². The minimum absolute atomic E-state index is 0.210. The largest absolute Gasteiger partial charge is 0.495 e. The van der Waals surface area contributed by atoms with Gasteiger partial charge in [-0.15, -0.1) is 0 Å². The predicted molar refractivity (Wildman–Crippen MR) is 145 cm³/mol. The number of rotatable bonds is 8. The molecule has 36 heavy (non-hydrogen) atoms. The highest BCUT2D eigenvalue weighted by molar-refractivity contribution is 9.10. The van der Waals surface area contributed by atoms with Crippen LogP contribution < -0.4 is 24.8 Å². The number of ether oxygens (including phenoxy) is 3. The first-order valence-electron chi connectivity index (χ1n) is 10.7. The zero-order valence-electron chi connectivity index (χ0n) is 19.3. The van der Waals surface area contributed by atoms with Gasteiger partial charge in [0.15, 0.2) is 17.0 Å². The number of carbonyl (C=O) groups excluding carboxylic acids is 1. The first-order chi connectivity index (χ1) is 17.4. The number of nitrogens with zero attached hydrogens (tertiary/aromatic N) is 1. The average molecular weight is 587 g/mol. The summed E-state index contributed by atoms with van der Waals surface area (Å²) in [6.07, 6.45) is 1.78. The predicted octanol–water partition coefficient (Wildman–Crippen LogP) is 6.17. The third kappa shape index (κ3) is 5.90. The molecule has 1 saturated heterocycles. The lowest BCUT2D eigenvalue weighted by atomic mass is 10.1. The van der Waals surface area contributed by atoms with Gasteiger partial charge >= 0.3 is 0 Å². The Balaban J connectivity index is 1.52. The van der Waals surface area contributed by atoms with Crippen LogP contribution in [0.2, 0.25) is 5.02 Å². The highest BCUT2D eigenvalue weighted by atomic mass is 79.9. The third-order valence-corrected chi connectivity index (χ3v) is 7.22. The molecule has 1 amide bonds. The number of hydrogen-bond donors (Lipinski definition) is 2. The summed E-state index contributed by atoms with van der Waals surface area (Å²) in [5.74, 6) is 1.42. The van der Waals surface area contributed by atoms with Crippen molar-refractivity contribution in [2.45, 2.75) is 12.1 Å². The second-order valence-electron chi connectivity index (χ2n) is 7.55. The van der Waals surface area contributed by atoms with Crippen molar-refractivity contribution in [2.24, 2.45) is 0 Å². The number of nitriles is 1. The minimum Gasteiger partial charge on any atom is -0.495 e. The van der Waals surface area contributed by atoms with E-state index < -0.39 is 5.50 Å². The Labute approximate surface area is 226 Å². The highest BCUT2D eigenvalue weighted by Gasteiger charge is 2.28. The van der Waals surface area contributed by atoms with Crippen LogP contribution in [0.5, 0.6) is 17.2 Å². The molecule has 1 aliphatic rings. The average Bonchev–Trinajstić information content (AvgIpc) is 3.22. The van der Waals surface area contributed by atoms with Gasteiger partial charge < -0.3 is 24.8 Å². The molecule has 1 unspecified atom stereocenters. The van der Waals surface area contributed by atoms with Crippen LogP contribution in [-0.2, 0) is 11.4 Å². The van der Waals surface area contributed by atoms with E-state index in [0.717, 1.165) is 15.6 Å². The van der Waals surface area contributed by atoms with Gasteiger partial charge in [0.1, 0.15) is 12.4 Å². The molecule has 3 aromatic rings. The van der Waals surface area contributed by atoms with Gasteiger partial charge in [0.05, 0.1) is 36.4 Å². The van der Waals surface area contributed by atoms with Gasteiger partial charge in [0, 0.05) is 15.1 Å². The number of carbonyl (C=O) groups is 1. The molecule has 0 spiro atoms. The fraction of sp³-hybridized carbons (Fsp3) is 0.154. The van der Waals surface area contributed by atoms with Crippen LogP contribution in [0.25, 0.3) is 6.08 Å². The Hall–Kier alpha value is -3.32. The van der Waals surface area contributed by atoms with Crippen LogP contribution in [0.4, 0.5) is 5.69 Å². The van der Waals surface area contributed by atoms with Crippen molar-refractivity contribution in [2.75, 3.05) is 19.5 Å². The van der Waals surface area contributed by atoms with E-state index in [1.54, 1.807) is 56.7 Å².